The fourth-order valence-corrected chi connectivity index (χ4v) is 2.11. The zero-order chi connectivity index (χ0) is 17.5. The van der Waals surface area contributed by atoms with Gasteiger partial charge < -0.3 is 15.2 Å². The fraction of sp³-hybridized carbons (Fsp3) is 0.312. The first-order valence-corrected chi connectivity index (χ1v) is 7.76. The van der Waals surface area contributed by atoms with Crippen LogP contribution in [-0.2, 0) is 16.1 Å². The molecule has 0 spiro atoms. The SMILES string of the molecule is Cc1cc(OCCCC(=O)Nc2ccn(CC(=O)O)n2)ccc1Cl. The van der Waals surface area contributed by atoms with Crippen LogP contribution in [0, 0.1) is 6.92 Å². The number of carbonyl (C=O) groups excluding carboxylic acids is 1. The summed E-state index contributed by atoms with van der Waals surface area (Å²) in [5.74, 6) is -0.155. The number of hydrogen-bond donors (Lipinski definition) is 2. The van der Waals surface area contributed by atoms with E-state index in [1.54, 1.807) is 18.2 Å². The molecule has 1 amide bonds. The number of aryl methyl sites for hydroxylation is 1. The molecule has 0 atom stereocenters. The molecule has 0 saturated heterocycles. The van der Waals surface area contributed by atoms with E-state index < -0.39 is 5.97 Å². The molecule has 0 unspecified atom stereocenters. The van der Waals surface area contributed by atoms with Gasteiger partial charge >= 0.3 is 5.97 Å². The first kappa shape index (κ1) is 17.8. The number of hydrogen-bond acceptors (Lipinski definition) is 4. The van der Waals surface area contributed by atoms with Crippen LogP contribution in [0.3, 0.4) is 0 Å². The topological polar surface area (TPSA) is 93.5 Å². The van der Waals surface area contributed by atoms with Crippen LogP contribution < -0.4 is 10.1 Å². The maximum atomic E-state index is 11.8. The number of carboxylic acid groups (broad SMARTS) is 1. The number of nitrogens with one attached hydrogen (secondary N) is 1. The van der Waals surface area contributed by atoms with Crippen molar-refractivity contribution in [1.82, 2.24) is 9.78 Å². The Balaban J connectivity index is 1.70. The fourth-order valence-electron chi connectivity index (χ4n) is 1.99. The number of carbonyl (C=O) groups is 2. The van der Waals surface area contributed by atoms with E-state index in [0.29, 0.717) is 29.6 Å². The Hall–Kier alpha value is -2.54. The highest BCUT2D eigenvalue weighted by molar-refractivity contribution is 6.31. The molecular formula is C16H18ClN3O4. The molecule has 0 saturated carbocycles. The molecule has 0 aliphatic heterocycles. The maximum absolute atomic E-state index is 11.8. The number of aromatic nitrogens is 2. The molecule has 2 aromatic rings. The van der Waals surface area contributed by atoms with Crippen LogP contribution in [0.5, 0.6) is 5.75 Å². The lowest BCUT2D eigenvalue weighted by Gasteiger charge is -2.07. The summed E-state index contributed by atoms with van der Waals surface area (Å²) in [6.45, 7) is 2.05. The summed E-state index contributed by atoms with van der Waals surface area (Å²) in [5, 5.41) is 15.9. The normalized spacial score (nSPS) is 10.4. The van der Waals surface area contributed by atoms with Gasteiger partial charge in [0.05, 0.1) is 6.61 Å². The third kappa shape index (κ3) is 5.58. The molecule has 1 heterocycles. The zero-order valence-corrected chi connectivity index (χ0v) is 13.9. The van der Waals surface area contributed by atoms with Crippen molar-refractivity contribution < 1.29 is 19.4 Å². The van der Waals surface area contributed by atoms with Crippen molar-refractivity contribution in [3.63, 3.8) is 0 Å². The number of ether oxygens (including phenoxy) is 1. The number of amides is 1. The number of rotatable bonds is 8. The highest BCUT2D eigenvalue weighted by Gasteiger charge is 2.07. The van der Waals surface area contributed by atoms with Crippen LogP contribution in [0.1, 0.15) is 18.4 Å². The lowest BCUT2D eigenvalue weighted by Crippen LogP contribution is -2.14. The molecule has 0 radical (unpaired) electrons. The molecule has 128 valence electrons. The highest BCUT2D eigenvalue weighted by atomic mass is 35.5. The van der Waals surface area contributed by atoms with Crippen molar-refractivity contribution in [2.45, 2.75) is 26.3 Å². The van der Waals surface area contributed by atoms with Gasteiger partial charge in [-0.1, -0.05) is 11.6 Å². The number of aliphatic carboxylic acids is 1. The Morgan fingerprint density at radius 2 is 2.17 bits per heavy atom. The predicted molar refractivity (Wildman–Crippen MR) is 89.4 cm³/mol. The van der Waals surface area contributed by atoms with Gasteiger partial charge in [0, 0.05) is 23.7 Å². The van der Waals surface area contributed by atoms with Crippen LogP contribution in [0.4, 0.5) is 5.82 Å². The van der Waals surface area contributed by atoms with Crippen LogP contribution in [0.25, 0.3) is 0 Å². The Morgan fingerprint density at radius 3 is 2.88 bits per heavy atom. The monoisotopic (exact) mass is 351 g/mol. The second kappa shape index (κ2) is 8.35. The summed E-state index contributed by atoms with van der Waals surface area (Å²) in [7, 11) is 0. The number of carboxylic acids is 1. The maximum Gasteiger partial charge on any atom is 0.325 e. The average Bonchev–Trinajstić information content (AvgIpc) is 2.93. The van der Waals surface area contributed by atoms with Gasteiger partial charge in [0.1, 0.15) is 12.3 Å². The minimum absolute atomic E-state index is 0.202. The molecule has 2 rings (SSSR count). The highest BCUT2D eigenvalue weighted by Crippen LogP contribution is 2.21. The van der Waals surface area contributed by atoms with E-state index in [4.69, 9.17) is 21.4 Å². The van der Waals surface area contributed by atoms with Crippen molar-refractivity contribution in [3.8, 4) is 5.75 Å². The number of nitrogens with zero attached hydrogens (tertiary/aromatic N) is 2. The van der Waals surface area contributed by atoms with E-state index in [1.807, 2.05) is 13.0 Å². The van der Waals surface area contributed by atoms with Gasteiger partial charge in [0.15, 0.2) is 5.82 Å². The van der Waals surface area contributed by atoms with Crippen LogP contribution in [0.2, 0.25) is 5.02 Å². The van der Waals surface area contributed by atoms with Gasteiger partial charge in [-0.15, -0.1) is 0 Å². The standard InChI is InChI=1S/C16H18ClN3O4/c1-11-9-12(4-5-13(11)17)24-8-2-3-15(21)18-14-6-7-20(19-14)10-16(22)23/h4-7,9H,2-3,8,10H2,1H3,(H,22,23)(H,18,19,21). The molecule has 0 aliphatic rings. The third-order valence-electron chi connectivity index (χ3n) is 3.15. The first-order valence-electron chi connectivity index (χ1n) is 7.38. The Morgan fingerprint density at radius 1 is 1.38 bits per heavy atom. The zero-order valence-electron chi connectivity index (χ0n) is 13.2. The van der Waals surface area contributed by atoms with Crippen molar-refractivity contribution in [2.24, 2.45) is 0 Å². The van der Waals surface area contributed by atoms with E-state index in [2.05, 4.69) is 10.4 Å². The first-order chi connectivity index (χ1) is 11.4. The van der Waals surface area contributed by atoms with E-state index >= 15 is 0 Å². The third-order valence-corrected chi connectivity index (χ3v) is 3.58. The number of halogens is 1. The summed E-state index contributed by atoms with van der Waals surface area (Å²) < 4.78 is 6.81. The summed E-state index contributed by atoms with van der Waals surface area (Å²) in [6.07, 6.45) is 2.32. The van der Waals surface area contributed by atoms with Gasteiger partial charge in [-0.3, -0.25) is 14.3 Å². The van der Waals surface area contributed by atoms with Crippen molar-refractivity contribution in [3.05, 3.63) is 41.0 Å². The van der Waals surface area contributed by atoms with E-state index in [0.717, 1.165) is 5.56 Å². The number of benzene rings is 1. The molecule has 7 nitrogen and oxygen atoms in total. The Bertz CT molecular complexity index is 730. The summed E-state index contributed by atoms with van der Waals surface area (Å²) in [4.78, 5) is 22.4. The molecule has 1 aromatic carbocycles. The largest absolute Gasteiger partial charge is 0.494 e. The minimum atomic E-state index is -0.995. The van der Waals surface area contributed by atoms with E-state index in [9.17, 15) is 9.59 Å². The molecular weight excluding hydrogens is 334 g/mol. The van der Waals surface area contributed by atoms with E-state index in [1.165, 1.54) is 10.9 Å². The molecule has 0 bridgehead atoms. The van der Waals surface area contributed by atoms with Crippen LogP contribution in [-0.4, -0.2) is 33.4 Å². The van der Waals surface area contributed by atoms with Gasteiger partial charge in [-0.05, 0) is 37.1 Å². The van der Waals surface area contributed by atoms with Crippen LogP contribution in [0.15, 0.2) is 30.5 Å². The molecule has 24 heavy (non-hydrogen) atoms. The van der Waals surface area contributed by atoms with Crippen LogP contribution >= 0.6 is 11.6 Å². The quantitative estimate of drug-likeness (QED) is 0.713. The summed E-state index contributed by atoms with van der Waals surface area (Å²) >= 11 is 5.94. The number of anilines is 1. The smallest absolute Gasteiger partial charge is 0.325 e. The predicted octanol–water partition coefficient (Wildman–Crippen LogP) is 2.73. The molecule has 0 aliphatic carbocycles. The summed E-state index contributed by atoms with van der Waals surface area (Å²) in [6, 6.07) is 6.95. The van der Waals surface area contributed by atoms with Crippen molar-refractivity contribution >= 4 is 29.3 Å². The van der Waals surface area contributed by atoms with Gasteiger partial charge in [-0.25, -0.2) is 0 Å². The van der Waals surface area contributed by atoms with E-state index in [-0.39, 0.29) is 18.9 Å². The molecule has 1 aromatic heterocycles. The minimum Gasteiger partial charge on any atom is -0.494 e. The molecule has 2 N–H and O–H groups in total. The lowest BCUT2D eigenvalue weighted by atomic mass is 10.2. The van der Waals surface area contributed by atoms with Gasteiger partial charge in [-0.2, -0.15) is 5.10 Å². The molecule has 0 fully saturated rings. The lowest BCUT2D eigenvalue weighted by molar-refractivity contribution is -0.137. The van der Waals surface area contributed by atoms with Gasteiger partial charge in [0.2, 0.25) is 5.91 Å². The van der Waals surface area contributed by atoms with Gasteiger partial charge in [0.25, 0.3) is 0 Å². The Kier molecular flexibility index (Phi) is 6.20. The second-order valence-corrected chi connectivity index (χ2v) is 5.61. The van der Waals surface area contributed by atoms with Crippen molar-refractivity contribution in [1.29, 1.82) is 0 Å². The summed E-state index contributed by atoms with van der Waals surface area (Å²) in [5.41, 5.74) is 0.934. The average molecular weight is 352 g/mol. The second-order valence-electron chi connectivity index (χ2n) is 5.20. The van der Waals surface area contributed by atoms with Crippen molar-refractivity contribution in [2.75, 3.05) is 11.9 Å². The Labute approximate surface area is 144 Å². The molecule has 8 heteroatoms.